The largest absolute Gasteiger partial charge is 0.279 e. The fourth-order valence-electron chi connectivity index (χ4n) is 3.97. The third kappa shape index (κ3) is 3.34. The minimum atomic E-state index is -3.42. The van der Waals surface area contributed by atoms with Gasteiger partial charge in [0.15, 0.2) is 0 Å². The monoisotopic (exact) mass is 376 g/mol. The number of halogens is 1. The average molecular weight is 377 g/mol. The summed E-state index contributed by atoms with van der Waals surface area (Å²) in [7, 11) is -3.42. The predicted octanol–water partition coefficient (Wildman–Crippen LogP) is 3.65. The molecule has 2 aromatic rings. The van der Waals surface area contributed by atoms with Crippen LogP contribution in [0.15, 0.2) is 54.6 Å². The van der Waals surface area contributed by atoms with Crippen LogP contribution in [0.4, 0.5) is 0 Å². The molecule has 0 spiro atoms. The number of hydrogen-bond donors (Lipinski definition) is 0. The van der Waals surface area contributed by atoms with Gasteiger partial charge in [0, 0.05) is 24.2 Å². The van der Waals surface area contributed by atoms with Crippen LogP contribution in [-0.4, -0.2) is 36.8 Å². The second-order valence-electron chi connectivity index (χ2n) is 6.77. The Kier molecular flexibility index (Phi) is 4.58. The Hall–Kier alpha value is -1.40. The molecule has 2 unspecified atom stereocenters. The van der Waals surface area contributed by atoms with Crippen LogP contribution < -0.4 is 0 Å². The van der Waals surface area contributed by atoms with E-state index >= 15 is 0 Å². The van der Waals surface area contributed by atoms with E-state index in [4.69, 9.17) is 11.6 Å². The van der Waals surface area contributed by atoms with Gasteiger partial charge in [-0.1, -0.05) is 54.1 Å². The Morgan fingerprint density at radius 3 is 2.48 bits per heavy atom. The van der Waals surface area contributed by atoms with Gasteiger partial charge in [0.1, 0.15) is 6.17 Å². The maximum absolute atomic E-state index is 13.2. The molecular weight excluding hydrogens is 356 g/mol. The number of fused-ring (bicyclic) bond motifs is 1. The van der Waals surface area contributed by atoms with Gasteiger partial charge in [-0.15, -0.1) is 0 Å². The Bertz CT molecular complexity index is 839. The van der Waals surface area contributed by atoms with Gasteiger partial charge < -0.3 is 0 Å². The van der Waals surface area contributed by atoms with Crippen LogP contribution in [0.5, 0.6) is 0 Å². The lowest BCUT2D eigenvalue weighted by molar-refractivity contribution is 0.198. The summed E-state index contributed by atoms with van der Waals surface area (Å²) in [6, 6.07) is 17.3. The zero-order valence-electron chi connectivity index (χ0n) is 13.9. The zero-order chi connectivity index (χ0) is 17.4. The standard InChI is InChI=1S/C19H21ClN2O2S/c20-17-10-8-15(9-11-17)14-25(23,24)22-13-18-7-4-12-21(18)19(22)16-5-2-1-3-6-16/h1-3,5-6,8-11,18-19H,4,7,12-14H2. The number of rotatable bonds is 4. The van der Waals surface area contributed by atoms with Gasteiger partial charge in [-0.25, -0.2) is 8.42 Å². The zero-order valence-corrected chi connectivity index (χ0v) is 15.5. The van der Waals surface area contributed by atoms with E-state index < -0.39 is 10.0 Å². The van der Waals surface area contributed by atoms with Crippen LogP contribution >= 0.6 is 11.6 Å². The number of benzene rings is 2. The summed E-state index contributed by atoms with van der Waals surface area (Å²) in [5, 5.41) is 0.616. The fourth-order valence-corrected chi connectivity index (χ4v) is 5.82. The Balaban J connectivity index is 1.65. The molecule has 2 heterocycles. The lowest BCUT2D eigenvalue weighted by atomic mass is 10.1. The summed E-state index contributed by atoms with van der Waals surface area (Å²) in [4.78, 5) is 2.34. The molecule has 6 heteroatoms. The van der Waals surface area contributed by atoms with E-state index in [0.29, 0.717) is 17.6 Å². The van der Waals surface area contributed by atoms with Gasteiger partial charge in [0.25, 0.3) is 0 Å². The summed E-state index contributed by atoms with van der Waals surface area (Å²) in [6.45, 7) is 1.53. The third-order valence-corrected chi connectivity index (χ3v) is 7.13. The fraction of sp³-hybridized carbons (Fsp3) is 0.368. The number of nitrogens with zero attached hydrogens (tertiary/aromatic N) is 2. The lowest BCUT2D eigenvalue weighted by Crippen LogP contribution is -2.36. The van der Waals surface area contributed by atoms with Crippen molar-refractivity contribution in [3.8, 4) is 0 Å². The minimum absolute atomic E-state index is 0.00800. The molecule has 2 saturated heterocycles. The van der Waals surface area contributed by atoms with E-state index in [1.807, 2.05) is 30.3 Å². The summed E-state index contributed by atoms with van der Waals surface area (Å²) in [6.07, 6.45) is 2.01. The summed E-state index contributed by atoms with van der Waals surface area (Å²) < 4.78 is 28.0. The van der Waals surface area contributed by atoms with Crippen LogP contribution in [0.2, 0.25) is 5.02 Å². The molecule has 0 aliphatic carbocycles. The molecule has 0 aromatic heterocycles. The average Bonchev–Trinajstić information content (AvgIpc) is 3.19. The first-order valence-corrected chi connectivity index (χ1v) is 10.6. The third-order valence-electron chi connectivity index (χ3n) is 5.12. The molecule has 2 aliphatic rings. The van der Waals surface area contributed by atoms with Gasteiger partial charge in [-0.3, -0.25) is 4.90 Å². The smallest absolute Gasteiger partial charge is 0.219 e. The highest BCUT2D eigenvalue weighted by Crippen LogP contribution is 2.40. The highest BCUT2D eigenvalue weighted by atomic mass is 35.5. The first-order chi connectivity index (χ1) is 12.0. The normalized spacial score (nSPS) is 24.5. The quantitative estimate of drug-likeness (QED) is 0.817. The highest BCUT2D eigenvalue weighted by molar-refractivity contribution is 7.88. The Morgan fingerprint density at radius 2 is 1.76 bits per heavy atom. The minimum Gasteiger partial charge on any atom is -0.279 e. The van der Waals surface area contributed by atoms with Crippen LogP contribution in [0, 0.1) is 0 Å². The van der Waals surface area contributed by atoms with Crippen molar-refractivity contribution in [2.45, 2.75) is 30.8 Å². The van der Waals surface area contributed by atoms with Crippen molar-refractivity contribution in [3.05, 3.63) is 70.7 Å². The van der Waals surface area contributed by atoms with Gasteiger partial charge in [-0.2, -0.15) is 4.31 Å². The second-order valence-corrected chi connectivity index (χ2v) is 9.13. The first kappa shape index (κ1) is 17.0. The van der Waals surface area contributed by atoms with Gasteiger partial charge in [-0.05, 0) is 36.1 Å². The van der Waals surface area contributed by atoms with E-state index in [9.17, 15) is 8.42 Å². The number of hydrogen-bond acceptors (Lipinski definition) is 3. The van der Waals surface area contributed by atoms with Crippen molar-refractivity contribution in [1.29, 1.82) is 0 Å². The second kappa shape index (κ2) is 6.72. The van der Waals surface area contributed by atoms with E-state index in [1.54, 1.807) is 28.6 Å². The van der Waals surface area contributed by atoms with Crippen LogP contribution in [0.25, 0.3) is 0 Å². The molecular formula is C19H21ClN2O2S. The molecule has 2 aromatic carbocycles. The van der Waals surface area contributed by atoms with Gasteiger partial charge in [0.05, 0.1) is 5.75 Å². The molecule has 0 N–H and O–H groups in total. The van der Waals surface area contributed by atoms with Crippen molar-refractivity contribution in [1.82, 2.24) is 9.21 Å². The molecule has 25 heavy (non-hydrogen) atoms. The van der Waals surface area contributed by atoms with E-state index in [-0.39, 0.29) is 11.9 Å². The topological polar surface area (TPSA) is 40.6 Å². The van der Waals surface area contributed by atoms with E-state index in [0.717, 1.165) is 30.5 Å². The van der Waals surface area contributed by atoms with Crippen molar-refractivity contribution >= 4 is 21.6 Å². The maximum Gasteiger partial charge on any atom is 0.219 e. The van der Waals surface area contributed by atoms with Crippen LogP contribution in [-0.2, 0) is 15.8 Å². The molecule has 0 bridgehead atoms. The number of sulfonamides is 1. The molecule has 2 atom stereocenters. The van der Waals surface area contributed by atoms with Gasteiger partial charge in [0.2, 0.25) is 10.0 Å². The molecule has 132 valence electrons. The Morgan fingerprint density at radius 1 is 1.04 bits per heavy atom. The SMILES string of the molecule is O=S(=O)(Cc1ccc(Cl)cc1)N1CC2CCCN2C1c1ccccc1. The summed E-state index contributed by atoms with van der Waals surface area (Å²) in [5.74, 6) is 0.00800. The Labute approximate surface area is 154 Å². The summed E-state index contributed by atoms with van der Waals surface area (Å²) >= 11 is 5.91. The molecule has 0 radical (unpaired) electrons. The van der Waals surface area contributed by atoms with Crippen molar-refractivity contribution in [2.24, 2.45) is 0 Å². The molecule has 2 aliphatic heterocycles. The maximum atomic E-state index is 13.2. The predicted molar refractivity (Wildman–Crippen MR) is 99.7 cm³/mol. The summed E-state index contributed by atoms with van der Waals surface area (Å²) in [5.41, 5.74) is 1.81. The van der Waals surface area contributed by atoms with Crippen LogP contribution in [0.3, 0.4) is 0 Å². The first-order valence-electron chi connectivity index (χ1n) is 8.59. The van der Waals surface area contributed by atoms with Crippen molar-refractivity contribution in [2.75, 3.05) is 13.1 Å². The van der Waals surface area contributed by atoms with Gasteiger partial charge >= 0.3 is 0 Å². The molecule has 4 rings (SSSR count). The van der Waals surface area contributed by atoms with Crippen molar-refractivity contribution in [3.63, 3.8) is 0 Å². The lowest BCUT2D eigenvalue weighted by Gasteiger charge is -2.29. The molecule has 0 saturated carbocycles. The highest BCUT2D eigenvalue weighted by Gasteiger charge is 2.47. The van der Waals surface area contributed by atoms with Crippen LogP contribution in [0.1, 0.15) is 30.1 Å². The molecule has 4 nitrogen and oxygen atoms in total. The molecule has 0 amide bonds. The van der Waals surface area contributed by atoms with E-state index in [2.05, 4.69) is 4.90 Å². The van der Waals surface area contributed by atoms with Crippen molar-refractivity contribution < 1.29 is 8.42 Å². The van der Waals surface area contributed by atoms with E-state index in [1.165, 1.54) is 0 Å². The molecule has 2 fully saturated rings.